The molecular weight excluding hydrogens is 226 g/mol. The largest absolute Gasteiger partial charge is 0.290 e. The van der Waals surface area contributed by atoms with E-state index in [1.807, 2.05) is 0 Å². The van der Waals surface area contributed by atoms with Crippen LogP contribution < -0.4 is 4.57 Å². The van der Waals surface area contributed by atoms with Gasteiger partial charge in [0.1, 0.15) is 12.4 Å². The van der Waals surface area contributed by atoms with Crippen LogP contribution in [0, 0.1) is 20.2 Å². The number of aromatic nitrogens is 1. The number of nitro benzene ring substituents is 2. The SMILES string of the molecule is C[n+]1cccc2c([N+](=O)[O-])cc([N+](=O)[O-])cc21. The minimum Gasteiger partial charge on any atom is -0.258 e. The van der Waals surface area contributed by atoms with Gasteiger partial charge in [0.25, 0.3) is 11.4 Å². The van der Waals surface area contributed by atoms with Gasteiger partial charge in [0, 0.05) is 6.07 Å². The van der Waals surface area contributed by atoms with Crippen LogP contribution >= 0.6 is 0 Å². The highest BCUT2D eigenvalue weighted by atomic mass is 16.6. The van der Waals surface area contributed by atoms with E-state index in [4.69, 9.17) is 0 Å². The first-order valence-electron chi connectivity index (χ1n) is 4.72. The number of nitro groups is 2. The van der Waals surface area contributed by atoms with Gasteiger partial charge < -0.3 is 0 Å². The highest BCUT2D eigenvalue weighted by molar-refractivity contribution is 5.87. The molecule has 2 aromatic rings. The fraction of sp³-hybridized carbons (Fsp3) is 0.100. The molecule has 7 nitrogen and oxygen atoms in total. The topological polar surface area (TPSA) is 90.2 Å². The Morgan fingerprint density at radius 3 is 2.47 bits per heavy atom. The van der Waals surface area contributed by atoms with E-state index in [0.29, 0.717) is 10.9 Å². The number of rotatable bonds is 2. The molecule has 1 heterocycles. The summed E-state index contributed by atoms with van der Waals surface area (Å²) in [6, 6.07) is 5.52. The second kappa shape index (κ2) is 3.78. The van der Waals surface area contributed by atoms with Crippen LogP contribution in [0.25, 0.3) is 10.9 Å². The van der Waals surface area contributed by atoms with E-state index >= 15 is 0 Å². The van der Waals surface area contributed by atoms with Crippen molar-refractivity contribution in [3.05, 3.63) is 50.7 Å². The Hall–Kier alpha value is -2.57. The van der Waals surface area contributed by atoms with Gasteiger partial charge in [-0.25, -0.2) is 4.57 Å². The molecule has 0 atom stereocenters. The Kier molecular flexibility index (Phi) is 2.43. The van der Waals surface area contributed by atoms with Gasteiger partial charge in [-0.15, -0.1) is 0 Å². The monoisotopic (exact) mass is 234 g/mol. The molecule has 0 saturated carbocycles. The molecule has 0 unspecified atom stereocenters. The molecule has 86 valence electrons. The van der Waals surface area contributed by atoms with Crippen molar-refractivity contribution in [3.8, 4) is 0 Å². The van der Waals surface area contributed by atoms with E-state index in [1.54, 1.807) is 29.9 Å². The van der Waals surface area contributed by atoms with E-state index in [-0.39, 0.29) is 11.4 Å². The van der Waals surface area contributed by atoms with Gasteiger partial charge in [-0.1, -0.05) is 0 Å². The molecule has 7 heteroatoms. The molecular formula is C10H8N3O4+. The summed E-state index contributed by atoms with van der Waals surface area (Å²) < 4.78 is 1.61. The van der Waals surface area contributed by atoms with Crippen LogP contribution in [0.15, 0.2) is 30.5 Å². The third-order valence-electron chi connectivity index (χ3n) is 2.48. The highest BCUT2D eigenvalue weighted by Gasteiger charge is 2.23. The summed E-state index contributed by atoms with van der Waals surface area (Å²) in [5.74, 6) is 0. The van der Waals surface area contributed by atoms with Gasteiger partial charge in [0.2, 0.25) is 5.52 Å². The minimum atomic E-state index is -0.639. The Balaban J connectivity index is 2.91. The van der Waals surface area contributed by atoms with Crippen LogP contribution in [0.2, 0.25) is 0 Å². The summed E-state index contributed by atoms with van der Waals surface area (Å²) in [4.78, 5) is 20.3. The molecule has 0 aliphatic heterocycles. The second-order valence-electron chi connectivity index (χ2n) is 3.53. The number of hydrogen-bond donors (Lipinski definition) is 0. The average Bonchev–Trinajstić information content (AvgIpc) is 2.28. The van der Waals surface area contributed by atoms with Crippen molar-refractivity contribution >= 4 is 22.3 Å². The lowest BCUT2D eigenvalue weighted by Gasteiger charge is -1.98. The molecule has 0 aliphatic rings. The fourth-order valence-corrected chi connectivity index (χ4v) is 1.68. The third kappa shape index (κ3) is 1.78. The van der Waals surface area contributed by atoms with Crippen LogP contribution in [0.4, 0.5) is 11.4 Å². The molecule has 1 aromatic carbocycles. The standard InChI is InChI=1S/C10H8N3O4/c1-11-4-2-3-8-9(11)5-7(12(14)15)6-10(8)13(16)17/h2-6H,1H3/q+1. The summed E-state index contributed by atoms with van der Waals surface area (Å²) in [5, 5.41) is 22.0. The summed E-state index contributed by atoms with van der Waals surface area (Å²) >= 11 is 0. The van der Waals surface area contributed by atoms with Crippen LogP contribution in [0.1, 0.15) is 0 Å². The average molecular weight is 234 g/mol. The normalized spacial score (nSPS) is 10.4. The smallest absolute Gasteiger partial charge is 0.258 e. The molecule has 17 heavy (non-hydrogen) atoms. The Morgan fingerprint density at radius 2 is 1.88 bits per heavy atom. The number of benzene rings is 1. The zero-order valence-electron chi connectivity index (χ0n) is 8.86. The maximum absolute atomic E-state index is 10.9. The van der Waals surface area contributed by atoms with Gasteiger partial charge in [-0.3, -0.25) is 20.2 Å². The lowest BCUT2D eigenvalue weighted by Crippen LogP contribution is -2.28. The first kappa shape index (κ1) is 10.9. The van der Waals surface area contributed by atoms with Crippen LogP contribution in [-0.2, 0) is 7.05 Å². The summed E-state index contributed by atoms with van der Waals surface area (Å²) in [6.07, 6.45) is 1.68. The maximum Gasteiger partial charge on any atom is 0.290 e. The molecule has 0 spiro atoms. The number of hydrogen-bond acceptors (Lipinski definition) is 4. The predicted octanol–water partition coefficient (Wildman–Crippen LogP) is 1.48. The minimum absolute atomic E-state index is 0.259. The van der Waals surface area contributed by atoms with Crippen molar-refractivity contribution in [2.24, 2.45) is 7.05 Å². The highest BCUT2D eigenvalue weighted by Crippen LogP contribution is 2.28. The van der Waals surface area contributed by atoms with Crippen LogP contribution in [0.3, 0.4) is 0 Å². The van der Waals surface area contributed by atoms with Gasteiger partial charge >= 0.3 is 0 Å². The molecule has 0 fully saturated rings. The lowest BCUT2D eigenvalue weighted by atomic mass is 10.1. The summed E-state index contributed by atoms with van der Waals surface area (Å²) in [6.45, 7) is 0. The van der Waals surface area contributed by atoms with E-state index in [9.17, 15) is 20.2 Å². The molecule has 0 aliphatic carbocycles. The quantitative estimate of drug-likeness (QED) is 0.447. The molecule has 2 rings (SSSR count). The molecule has 0 amide bonds. The van der Waals surface area contributed by atoms with E-state index in [0.717, 1.165) is 6.07 Å². The van der Waals surface area contributed by atoms with Crippen LogP contribution in [-0.4, -0.2) is 9.85 Å². The van der Waals surface area contributed by atoms with Crippen molar-refractivity contribution in [1.29, 1.82) is 0 Å². The molecule has 0 radical (unpaired) electrons. The van der Waals surface area contributed by atoms with Crippen molar-refractivity contribution < 1.29 is 14.4 Å². The number of non-ortho nitro benzene ring substituents is 2. The maximum atomic E-state index is 10.9. The van der Waals surface area contributed by atoms with Crippen molar-refractivity contribution in [1.82, 2.24) is 0 Å². The Labute approximate surface area is 95.2 Å². The van der Waals surface area contributed by atoms with Gasteiger partial charge in [0.15, 0.2) is 6.20 Å². The van der Waals surface area contributed by atoms with E-state index < -0.39 is 9.85 Å². The zero-order chi connectivity index (χ0) is 12.6. The first-order chi connectivity index (χ1) is 8.00. The summed E-state index contributed by atoms with van der Waals surface area (Å²) in [5.41, 5.74) is -0.0928. The van der Waals surface area contributed by atoms with Crippen LogP contribution in [0.5, 0.6) is 0 Å². The first-order valence-corrected chi connectivity index (χ1v) is 4.72. The van der Waals surface area contributed by atoms with Crippen molar-refractivity contribution in [3.63, 3.8) is 0 Å². The zero-order valence-corrected chi connectivity index (χ0v) is 8.86. The van der Waals surface area contributed by atoms with Crippen molar-refractivity contribution in [2.75, 3.05) is 0 Å². The van der Waals surface area contributed by atoms with E-state index in [2.05, 4.69) is 0 Å². The Bertz CT molecular complexity index is 639. The fourth-order valence-electron chi connectivity index (χ4n) is 1.68. The number of aryl methyl sites for hydroxylation is 1. The van der Waals surface area contributed by atoms with E-state index in [1.165, 1.54) is 6.07 Å². The van der Waals surface area contributed by atoms with Gasteiger partial charge in [0.05, 0.1) is 22.0 Å². The molecule has 0 bridgehead atoms. The predicted molar refractivity (Wildman–Crippen MR) is 58.4 cm³/mol. The molecule has 0 saturated heterocycles. The second-order valence-corrected chi connectivity index (χ2v) is 3.53. The van der Waals surface area contributed by atoms with Gasteiger partial charge in [-0.2, -0.15) is 0 Å². The molecule has 1 aromatic heterocycles. The third-order valence-corrected chi connectivity index (χ3v) is 2.48. The lowest BCUT2D eigenvalue weighted by molar-refractivity contribution is -0.645. The summed E-state index contributed by atoms with van der Waals surface area (Å²) in [7, 11) is 1.68. The Morgan fingerprint density at radius 1 is 1.18 bits per heavy atom. The molecule has 0 N–H and O–H groups in total. The number of nitrogens with zero attached hydrogens (tertiary/aromatic N) is 3. The number of pyridine rings is 1. The van der Waals surface area contributed by atoms with Crippen molar-refractivity contribution in [2.45, 2.75) is 0 Å². The van der Waals surface area contributed by atoms with Gasteiger partial charge in [-0.05, 0) is 6.07 Å². The number of fused-ring (bicyclic) bond motifs is 1.